The van der Waals surface area contributed by atoms with Crippen molar-refractivity contribution in [1.82, 2.24) is 4.98 Å². The maximum absolute atomic E-state index is 5.96. The topological polar surface area (TPSA) is 26.0 Å². The number of nitrogens with zero attached hydrogens (tertiary/aromatic N) is 1. The van der Waals surface area contributed by atoms with Crippen LogP contribution >= 0.6 is 27.5 Å². The normalized spacial score (nSPS) is 10.9. The Morgan fingerprint density at radius 1 is 1.50 bits per heavy atom. The first kappa shape index (κ1) is 8.08. The van der Waals surface area contributed by atoms with Crippen LogP contribution in [0.15, 0.2) is 21.0 Å². The summed E-state index contributed by atoms with van der Waals surface area (Å²) in [6.07, 6.45) is 0. The second kappa shape index (κ2) is 2.75. The molecule has 0 aliphatic heterocycles. The second-order valence-corrected chi connectivity index (χ2v) is 3.67. The lowest BCUT2D eigenvalue weighted by molar-refractivity contribution is 0.561. The van der Waals surface area contributed by atoms with E-state index >= 15 is 0 Å². The molecule has 1 aromatic carbocycles. The van der Waals surface area contributed by atoms with E-state index in [0.717, 1.165) is 9.99 Å². The summed E-state index contributed by atoms with van der Waals surface area (Å²) in [6, 6.07) is 3.72. The van der Waals surface area contributed by atoms with Crippen molar-refractivity contribution in [3.05, 3.63) is 27.5 Å². The summed E-state index contributed by atoms with van der Waals surface area (Å²) < 4.78 is 6.13. The van der Waals surface area contributed by atoms with E-state index in [-0.39, 0.29) is 0 Å². The van der Waals surface area contributed by atoms with Crippen molar-refractivity contribution >= 4 is 38.6 Å². The molecule has 0 aliphatic carbocycles. The molecule has 0 amide bonds. The van der Waals surface area contributed by atoms with Gasteiger partial charge in [-0.15, -0.1) is 0 Å². The van der Waals surface area contributed by atoms with Crippen molar-refractivity contribution in [2.45, 2.75) is 6.92 Å². The Bertz CT molecular complexity index is 438. The quantitative estimate of drug-likeness (QED) is 0.710. The molecule has 0 unspecified atom stereocenters. The molecule has 2 aromatic rings. The van der Waals surface area contributed by atoms with Crippen molar-refractivity contribution in [2.24, 2.45) is 0 Å². The molecule has 0 bridgehead atoms. The van der Waals surface area contributed by atoms with Gasteiger partial charge in [0.15, 0.2) is 11.5 Å². The van der Waals surface area contributed by atoms with Crippen molar-refractivity contribution in [3.63, 3.8) is 0 Å². The fourth-order valence-corrected chi connectivity index (χ4v) is 1.56. The molecule has 4 heteroatoms. The van der Waals surface area contributed by atoms with Crippen molar-refractivity contribution in [2.75, 3.05) is 0 Å². The third-order valence-corrected chi connectivity index (χ3v) is 2.82. The van der Waals surface area contributed by atoms with Crippen LogP contribution in [0.4, 0.5) is 0 Å². The molecule has 1 aromatic heterocycles. The molecule has 0 spiro atoms. The minimum absolute atomic E-state index is 0.577. The lowest BCUT2D eigenvalue weighted by Gasteiger charge is -1.93. The Hall–Kier alpha value is -0.540. The Balaban J connectivity index is 2.89. The first-order valence-electron chi connectivity index (χ1n) is 3.39. The summed E-state index contributed by atoms with van der Waals surface area (Å²) in [5.41, 5.74) is 1.43. The number of aryl methyl sites for hydroxylation is 1. The Labute approximate surface area is 82.7 Å². The van der Waals surface area contributed by atoms with Gasteiger partial charge in [-0.1, -0.05) is 11.6 Å². The van der Waals surface area contributed by atoms with Crippen molar-refractivity contribution < 1.29 is 4.42 Å². The summed E-state index contributed by atoms with van der Waals surface area (Å²) in [5.74, 6) is 0.630. The molecule has 2 rings (SSSR count). The summed E-state index contributed by atoms with van der Waals surface area (Å²) in [7, 11) is 0. The molecule has 2 nitrogen and oxygen atoms in total. The number of rotatable bonds is 0. The minimum atomic E-state index is 0.577. The van der Waals surface area contributed by atoms with Gasteiger partial charge >= 0.3 is 0 Å². The van der Waals surface area contributed by atoms with Crippen LogP contribution in [0.5, 0.6) is 0 Å². The number of halogens is 2. The molecule has 0 N–H and O–H groups in total. The van der Waals surface area contributed by atoms with Crippen LogP contribution in [0.1, 0.15) is 5.89 Å². The van der Waals surface area contributed by atoms with Gasteiger partial charge in [0.2, 0.25) is 0 Å². The summed E-state index contributed by atoms with van der Waals surface area (Å²) in [4.78, 5) is 4.14. The van der Waals surface area contributed by atoms with Gasteiger partial charge in [0.25, 0.3) is 0 Å². The van der Waals surface area contributed by atoms with Crippen LogP contribution in [-0.2, 0) is 0 Å². The molecule has 0 atom stereocenters. The van der Waals surface area contributed by atoms with Gasteiger partial charge in [0.1, 0.15) is 5.52 Å². The summed E-state index contributed by atoms with van der Waals surface area (Å²) >= 11 is 9.26. The Morgan fingerprint density at radius 3 is 3.00 bits per heavy atom. The SMILES string of the molecule is Cc1nc2ccc(Br)c(Cl)c2o1. The zero-order valence-corrected chi connectivity index (χ0v) is 8.61. The molecular weight excluding hydrogens is 241 g/mol. The van der Waals surface area contributed by atoms with Crippen molar-refractivity contribution in [3.8, 4) is 0 Å². The van der Waals surface area contributed by atoms with Crippen LogP contribution in [0.25, 0.3) is 11.1 Å². The first-order valence-corrected chi connectivity index (χ1v) is 4.57. The fourth-order valence-electron chi connectivity index (χ4n) is 1.05. The number of oxazole rings is 1. The number of hydrogen-bond donors (Lipinski definition) is 0. The van der Waals surface area contributed by atoms with E-state index in [4.69, 9.17) is 16.0 Å². The summed E-state index contributed by atoms with van der Waals surface area (Å²) in [6.45, 7) is 1.80. The Morgan fingerprint density at radius 2 is 2.25 bits per heavy atom. The van der Waals surface area contributed by atoms with E-state index in [2.05, 4.69) is 20.9 Å². The maximum Gasteiger partial charge on any atom is 0.192 e. The molecule has 0 radical (unpaired) electrons. The van der Waals surface area contributed by atoms with Crippen LogP contribution in [0.3, 0.4) is 0 Å². The third-order valence-electron chi connectivity index (χ3n) is 1.56. The van der Waals surface area contributed by atoms with Crippen LogP contribution in [-0.4, -0.2) is 4.98 Å². The molecule has 0 saturated carbocycles. The lowest BCUT2D eigenvalue weighted by Crippen LogP contribution is -1.71. The zero-order chi connectivity index (χ0) is 8.72. The van der Waals surface area contributed by atoms with E-state index in [1.54, 1.807) is 6.92 Å². The summed E-state index contributed by atoms with van der Waals surface area (Å²) in [5, 5.41) is 0.577. The molecule has 0 saturated heterocycles. The number of benzene rings is 1. The molecule has 0 aliphatic rings. The van der Waals surface area contributed by atoms with E-state index in [0.29, 0.717) is 16.5 Å². The number of hydrogen-bond acceptors (Lipinski definition) is 2. The average Bonchev–Trinajstić information content (AvgIpc) is 2.39. The van der Waals surface area contributed by atoms with E-state index in [1.807, 2.05) is 12.1 Å². The van der Waals surface area contributed by atoms with Gasteiger partial charge in [-0.05, 0) is 28.1 Å². The first-order chi connectivity index (χ1) is 5.68. The van der Waals surface area contributed by atoms with E-state index in [1.165, 1.54) is 0 Å². The largest absolute Gasteiger partial charge is 0.439 e. The van der Waals surface area contributed by atoms with Gasteiger partial charge < -0.3 is 4.42 Å². The molecule has 62 valence electrons. The van der Waals surface area contributed by atoms with Gasteiger partial charge in [0, 0.05) is 11.4 Å². The van der Waals surface area contributed by atoms with Gasteiger partial charge in [-0.3, -0.25) is 0 Å². The van der Waals surface area contributed by atoms with E-state index < -0.39 is 0 Å². The van der Waals surface area contributed by atoms with Gasteiger partial charge in [0.05, 0.1) is 5.02 Å². The Kier molecular flexibility index (Phi) is 1.85. The monoisotopic (exact) mass is 245 g/mol. The third kappa shape index (κ3) is 1.13. The van der Waals surface area contributed by atoms with Gasteiger partial charge in [-0.25, -0.2) is 4.98 Å². The predicted octanol–water partition coefficient (Wildman–Crippen LogP) is 3.55. The molecular formula is C8H5BrClNO. The van der Waals surface area contributed by atoms with Gasteiger partial charge in [-0.2, -0.15) is 0 Å². The number of fused-ring (bicyclic) bond motifs is 1. The second-order valence-electron chi connectivity index (χ2n) is 2.44. The maximum atomic E-state index is 5.96. The molecule has 0 fully saturated rings. The fraction of sp³-hybridized carbons (Fsp3) is 0.125. The minimum Gasteiger partial charge on any atom is -0.439 e. The predicted molar refractivity (Wildman–Crippen MR) is 51.5 cm³/mol. The van der Waals surface area contributed by atoms with E-state index in [9.17, 15) is 0 Å². The highest BCUT2D eigenvalue weighted by Gasteiger charge is 2.08. The highest BCUT2D eigenvalue weighted by Crippen LogP contribution is 2.31. The highest BCUT2D eigenvalue weighted by molar-refractivity contribution is 9.10. The van der Waals surface area contributed by atoms with Crippen LogP contribution < -0.4 is 0 Å². The number of aromatic nitrogens is 1. The van der Waals surface area contributed by atoms with Crippen molar-refractivity contribution in [1.29, 1.82) is 0 Å². The molecule has 1 heterocycles. The zero-order valence-electron chi connectivity index (χ0n) is 6.27. The highest BCUT2D eigenvalue weighted by atomic mass is 79.9. The van der Waals surface area contributed by atoms with Crippen LogP contribution in [0, 0.1) is 6.92 Å². The van der Waals surface area contributed by atoms with Crippen LogP contribution in [0.2, 0.25) is 5.02 Å². The smallest absolute Gasteiger partial charge is 0.192 e. The lowest BCUT2D eigenvalue weighted by atomic mass is 10.3. The standard InChI is InChI=1S/C8H5BrClNO/c1-4-11-6-3-2-5(9)7(10)8(6)12-4/h2-3H,1H3. The molecule has 12 heavy (non-hydrogen) atoms. The average molecular weight is 246 g/mol.